The summed E-state index contributed by atoms with van der Waals surface area (Å²) >= 11 is 12.5. The van der Waals surface area contributed by atoms with Gasteiger partial charge in [-0.05, 0) is 93.0 Å². The quantitative estimate of drug-likeness (QED) is 0.379. The van der Waals surface area contributed by atoms with Crippen LogP contribution in [-0.4, -0.2) is 19.0 Å². The van der Waals surface area contributed by atoms with E-state index in [1.165, 1.54) is 29.7 Å². The summed E-state index contributed by atoms with van der Waals surface area (Å²) in [5.41, 5.74) is 4.62. The van der Waals surface area contributed by atoms with Crippen molar-refractivity contribution in [1.82, 2.24) is 5.32 Å². The number of nitrogens with one attached hydrogen (secondary N) is 1. The van der Waals surface area contributed by atoms with Crippen molar-refractivity contribution in [2.75, 3.05) is 18.0 Å². The fourth-order valence-corrected chi connectivity index (χ4v) is 5.44. The number of amides is 1. The van der Waals surface area contributed by atoms with Crippen LogP contribution in [0.5, 0.6) is 0 Å². The van der Waals surface area contributed by atoms with Crippen molar-refractivity contribution in [1.29, 1.82) is 0 Å². The van der Waals surface area contributed by atoms with Crippen LogP contribution in [0, 0.1) is 6.92 Å². The number of halogens is 2. The van der Waals surface area contributed by atoms with Gasteiger partial charge in [-0.25, -0.2) is 0 Å². The SMILES string of the molecule is CCNC(=O)C1(c2ccccc2)CC1.Cc1ccc(C2CCCCN2c2ccc(Cl)cc2)c(Cl)c1. The molecule has 1 N–H and O–H groups in total. The highest BCUT2D eigenvalue weighted by atomic mass is 35.5. The van der Waals surface area contributed by atoms with Gasteiger partial charge in [0, 0.05) is 28.8 Å². The Kier molecular flexibility index (Phi) is 8.41. The average Bonchev–Trinajstić information content (AvgIpc) is 3.68. The number of hydrogen-bond donors (Lipinski definition) is 1. The van der Waals surface area contributed by atoms with Crippen LogP contribution in [-0.2, 0) is 10.2 Å². The molecule has 5 heteroatoms. The minimum absolute atomic E-state index is 0.186. The van der Waals surface area contributed by atoms with Crippen LogP contribution in [0.1, 0.15) is 61.8 Å². The van der Waals surface area contributed by atoms with Crippen LogP contribution in [0.4, 0.5) is 5.69 Å². The van der Waals surface area contributed by atoms with Crippen molar-refractivity contribution >= 4 is 34.8 Å². The van der Waals surface area contributed by atoms with Crippen molar-refractivity contribution in [2.45, 2.75) is 57.4 Å². The van der Waals surface area contributed by atoms with E-state index >= 15 is 0 Å². The van der Waals surface area contributed by atoms with E-state index < -0.39 is 0 Å². The summed E-state index contributed by atoms with van der Waals surface area (Å²) in [6, 6.07) is 24.9. The van der Waals surface area contributed by atoms with E-state index in [-0.39, 0.29) is 11.3 Å². The first-order valence-corrected chi connectivity index (χ1v) is 13.3. The predicted octanol–water partition coefficient (Wildman–Crippen LogP) is 7.89. The van der Waals surface area contributed by atoms with Crippen molar-refractivity contribution in [2.24, 2.45) is 0 Å². The van der Waals surface area contributed by atoms with Gasteiger partial charge in [-0.2, -0.15) is 0 Å². The van der Waals surface area contributed by atoms with Crippen LogP contribution in [0.3, 0.4) is 0 Å². The van der Waals surface area contributed by atoms with Crippen LogP contribution < -0.4 is 10.2 Å². The van der Waals surface area contributed by atoms with E-state index in [4.69, 9.17) is 23.2 Å². The first kappa shape index (κ1) is 25.6. The maximum Gasteiger partial charge on any atom is 0.230 e. The molecule has 2 aliphatic rings. The largest absolute Gasteiger partial charge is 0.364 e. The molecule has 1 amide bonds. The molecule has 5 rings (SSSR count). The molecule has 184 valence electrons. The van der Waals surface area contributed by atoms with Gasteiger partial charge in [0.15, 0.2) is 0 Å². The summed E-state index contributed by atoms with van der Waals surface area (Å²) in [6.45, 7) is 5.82. The highest BCUT2D eigenvalue weighted by molar-refractivity contribution is 6.31. The number of carbonyl (C=O) groups is 1. The van der Waals surface area contributed by atoms with Crippen LogP contribution in [0.25, 0.3) is 0 Å². The van der Waals surface area contributed by atoms with Crippen LogP contribution in [0.15, 0.2) is 72.8 Å². The Hall–Kier alpha value is -2.49. The van der Waals surface area contributed by atoms with E-state index in [2.05, 4.69) is 47.5 Å². The number of hydrogen-bond acceptors (Lipinski definition) is 2. The molecule has 1 atom stereocenters. The van der Waals surface area contributed by atoms with Crippen molar-refractivity contribution < 1.29 is 4.79 Å². The molecule has 0 bridgehead atoms. The highest BCUT2D eigenvalue weighted by Gasteiger charge is 2.50. The number of nitrogens with zero attached hydrogens (tertiary/aromatic N) is 1. The van der Waals surface area contributed by atoms with Crippen molar-refractivity contribution in [3.8, 4) is 0 Å². The molecule has 3 aromatic rings. The number of anilines is 1. The first-order chi connectivity index (χ1) is 16.9. The molecule has 0 radical (unpaired) electrons. The zero-order valence-corrected chi connectivity index (χ0v) is 22.1. The van der Waals surface area contributed by atoms with Gasteiger partial charge < -0.3 is 10.2 Å². The lowest BCUT2D eigenvalue weighted by Gasteiger charge is -2.38. The Morgan fingerprint density at radius 2 is 1.71 bits per heavy atom. The summed E-state index contributed by atoms with van der Waals surface area (Å²) in [7, 11) is 0. The molecule has 3 nitrogen and oxygen atoms in total. The first-order valence-electron chi connectivity index (χ1n) is 12.6. The molecule has 3 aromatic carbocycles. The lowest BCUT2D eigenvalue weighted by Crippen LogP contribution is -2.34. The normalized spacial score (nSPS) is 18.3. The van der Waals surface area contributed by atoms with Crippen LogP contribution in [0.2, 0.25) is 10.0 Å². The molecule has 1 unspecified atom stereocenters. The third-order valence-electron chi connectivity index (χ3n) is 7.02. The summed E-state index contributed by atoms with van der Waals surface area (Å²) in [5, 5.41) is 4.56. The zero-order valence-electron chi connectivity index (χ0n) is 20.6. The smallest absolute Gasteiger partial charge is 0.230 e. The molecule has 0 spiro atoms. The third kappa shape index (κ3) is 6.02. The van der Waals surface area contributed by atoms with Crippen molar-refractivity contribution in [3.05, 3.63) is 99.5 Å². The summed E-state index contributed by atoms with van der Waals surface area (Å²) in [5.74, 6) is 0.186. The molecule has 35 heavy (non-hydrogen) atoms. The predicted molar refractivity (Wildman–Crippen MR) is 148 cm³/mol. The summed E-state index contributed by atoms with van der Waals surface area (Å²) in [4.78, 5) is 14.3. The number of likely N-dealkylation sites (N-methyl/N-ethyl adjacent to an activating group) is 1. The number of benzene rings is 3. The molecule has 1 saturated heterocycles. The fraction of sp³-hybridized carbons (Fsp3) is 0.367. The lowest BCUT2D eigenvalue weighted by atomic mass is 9.94. The molecule has 0 aromatic heterocycles. The summed E-state index contributed by atoms with van der Waals surface area (Å²) in [6.07, 6.45) is 5.60. The highest BCUT2D eigenvalue weighted by Crippen LogP contribution is 2.48. The molecular weight excluding hydrogens is 475 g/mol. The maximum absolute atomic E-state index is 11.8. The second kappa shape index (κ2) is 11.5. The average molecular weight is 510 g/mol. The molecule has 1 aliphatic carbocycles. The minimum Gasteiger partial charge on any atom is -0.364 e. The van der Waals surface area contributed by atoms with E-state index in [9.17, 15) is 4.79 Å². The Bertz CT molecular complexity index is 1130. The van der Waals surface area contributed by atoms with Crippen molar-refractivity contribution in [3.63, 3.8) is 0 Å². The Morgan fingerprint density at radius 3 is 2.34 bits per heavy atom. The number of rotatable bonds is 5. The molecule has 1 heterocycles. The van der Waals surface area contributed by atoms with E-state index in [1.807, 2.05) is 49.4 Å². The van der Waals surface area contributed by atoms with E-state index in [1.54, 1.807) is 0 Å². The van der Waals surface area contributed by atoms with Gasteiger partial charge in [0.25, 0.3) is 0 Å². The van der Waals surface area contributed by atoms with E-state index in [0.717, 1.165) is 41.4 Å². The fourth-order valence-electron chi connectivity index (χ4n) is 4.96. The van der Waals surface area contributed by atoms with Gasteiger partial charge in [-0.1, -0.05) is 65.7 Å². The lowest BCUT2D eigenvalue weighted by molar-refractivity contribution is -0.123. The van der Waals surface area contributed by atoms with Gasteiger partial charge in [-0.15, -0.1) is 0 Å². The zero-order chi connectivity index (χ0) is 24.8. The molecule has 1 saturated carbocycles. The molecule has 1 aliphatic heterocycles. The Morgan fingerprint density at radius 1 is 1.00 bits per heavy atom. The second-order valence-corrected chi connectivity index (χ2v) is 10.4. The Balaban J connectivity index is 0.000000179. The Labute approximate surface area is 219 Å². The number of carbonyl (C=O) groups excluding carboxylic acids is 1. The number of piperidine rings is 1. The van der Waals surface area contributed by atoms with E-state index in [0.29, 0.717) is 12.6 Å². The topological polar surface area (TPSA) is 32.3 Å². The third-order valence-corrected chi connectivity index (χ3v) is 7.60. The van der Waals surface area contributed by atoms with Crippen LogP contribution >= 0.6 is 23.2 Å². The van der Waals surface area contributed by atoms with Gasteiger partial charge >= 0.3 is 0 Å². The van der Waals surface area contributed by atoms with Gasteiger partial charge in [0.2, 0.25) is 5.91 Å². The standard InChI is InChI=1S/C18H19Cl2N.C12H15NO/c1-13-5-10-16(17(20)12-13)18-4-2-3-11-21(18)15-8-6-14(19)7-9-15;1-2-13-11(14)12(8-9-12)10-6-4-3-5-7-10/h5-10,12,18H,2-4,11H2,1H3;3-7H,2,8-9H2,1H3,(H,13,14). The van der Waals surface area contributed by atoms with Gasteiger partial charge in [0.05, 0.1) is 11.5 Å². The minimum atomic E-state index is -0.197. The van der Waals surface area contributed by atoms with Gasteiger partial charge in [-0.3, -0.25) is 4.79 Å². The number of aryl methyl sites for hydroxylation is 1. The van der Waals surface area contributed by atoms with Gasteiger partial charge in [0.1, 0.15) is 0 Å². The monoisotopic (exact) mass is 508 g/mol. The molecule has 2 fully saturated rings. The molecular formula is C30H34Cl2N2O. The summed E-state index contributed by atoms with van der Waals surface area (Å²) < 4.78 is 0. The maximum atomic E-state index is 11.8. The second-order valence-electron chi connectivity index (χ2n) is 9.51.